The second-order valence-corrected chi connectivity index (χ2v) is 6.57. The van der Waals surface area contributed by atoms with Crippen LogP contribution in [0.15, 0.2) is 12.4 Å². The van der Waals surface area contributed by atoms with Crippen molar-refractivity contribution in [1.82, 2.24) is 24.9 Å². The number of aryl methyl sites for hydroxylation is 1. The Morgan fingerprint density at radius 2 is 2.17 bits per heavy atom. The Bertz CT molecular complexity index is 666. The minimum absolute atomic E-state index is 0.187. The van der Waals surface area contributed by atoms with Crippen LogP contribution in [-0.4, -0.2) is 56.6 Å². The Morgan fingerprint density at radius 1 is 1.48 bits per heavy atom. The fourth-order valence-electron chi connectivity index (χ4n) is 2.97. The van der Waals surface area contributed by atoms with Crippen LogP contribution in [0.1, 0.15) is 25.3 Å². The van der Waals surface area contributed by atoms with E-state index in [0.717, 1.165) is 23.3 Å². The molecule has 1 aromatic heterocycles. The first-order valence-electron chi connectivity index (χ1n) is 7.67. The Hall–Kier alpha value is -2.38. The molecule has 4 amide bonds. The zero-order valence-electron chi connectivity index (χ0n) is 13.6. The summed E-state index contributed by atoms with van der Waals surface area (Å²) in [6.07, 6.45) is 5.37. The van der Waals surface area contributed by atoms with Crippen molar-refractivity contribution in [1.29, 1.82) is 0 Å². The third-order valence-corrected chi connectivity index (χ3v) is 4.59. The lowest BCUT2D eigenvalue weighted by atomic mass is 9.96. The quantitative estimate of drug-likeness (QED) is 0.780. The number of aromatic nitrogens is 2. The maximum absolute atomic E-state index is 12.5. The molecule has 2 fully saturated rings. The van der Waals surface area contributed by atoms with E-state index in [1.807, 2.05) is 6.20 Å². The molecule has 2 heterocycles. The van der Waals surface area contributed by atoms with Crippen LogP contribution in [0, 0.1) is 5.92 Å². The number of hydrogen-bond donors (Lipinski definition) is 1. The maximum atomic E-state index is 12.5. The third-order valence-electron chi connectivity index (χ3n) is 4.59. The zero-order valence-corrected chi connectivity index (χ0v) is 13.6. The summed E-state index contributed by atoms with van der Waals surface area (Å²) in [5.74, 6) is -0.391. The van der Waals surface area contributed by atoms with Gasteiger partial charge in [-0.1, -0.05) is 0 Å². The Kier molecular flexibility index (Phi) is 3.62. The number of hydrogen-bond acceptors (Lipinski definition) is 4. The zero-order chi connectivity index (χ0) is 16.8. The van der Waals surface area contributed by atoms with E-state index >= 15 is 0 Å². The number of rotatable bonds is 5. The average molecular weight is 319 g/mol. The number of carbonyl (C=O) groups excluding carboxylic acids is 3. The summed E-state index contributed by atoms with van der Waals surface area (Å²) in [7, 11) is 3.45. The van der Waals surface area contributed by atoms with Gasteiger partial charge in [0, 0.05) is 32.4 Å². The predicted octanol–water partition coefficient (Wildman–Crippen LogP) is 0.0990. The van der Waals surface area contributed by atoms with Crippen molar-refractivity contribution in [2.24, 2.45) is 13.0 Å². The Morgan fingerprint density at radius 3 is 2.74 bits per heavy atom. The van der Waals surface area contributed by atoms with E-state index < -0.39 is 11.6 Å². The lowest BCUT2D eigenvalue weighted by Crippen LogP contribution is -2.47. The molecule has 1 aromatic rings. The molecule has 1 saturated heterocycles. The molecule has 1 saturated carbocycles. The number of nitrogens with one attached hydrogen (secondary N) is 1. The van der Waals surface area contributed by atoms with E-state index in [0.29, 0.717) is 6.54 Å². The van der Waals surface area contributed by atoms with Crippen LogP contribution in [0.5, 0.6) is 0 Å². The van der Waals surface area contributed by atoms with Gasteiger partial charge in [-0.2, -0.15) is 5.10 Å². The van der Waals surface area contributed by atoms with Gasteiger partial charge in [0.25, 0.3) is 5.91 Å². The van der Waals surface area contributed by atoms with Gasteiger partial charge in [0.2, 0.25) is 5.91 Å². The second-order valence-electron chi connectivity index (χ2n) is 6.57. The molecule has 0 radical (unpaired) electrons. The first kappa shape index (κ1) is 15.5. The van der Waals surface area contributed by atoms with Crippen LogP contribution in [0.2, 0.25) is 0 Å². The number of nitrogens with zero attached hydrogens (tertiary/aromatic N) is 4. The van der Waals surface area contributed by atoms with Crippen LogP contribution in [0.25, 0.3) is 0 Å². The van der Waals surface area contributed by atoms with Gasteiger partial charge in [0.15, 0.2) is 0 Å². The van der Waals surface area contributed by atoms with E-state index in [1.54, 1.807) is 31.9 Å². The molecule has 0 bridgehead atoms. The minimum atomic E-state index is -0.848. The minimum Gasteiger partial charge on any atom is -0.340 e. The Balaban J connectivity index is 1.63. The molecule has 0 spiro atoms. The van der Waals surface area contributed by atoms with Crippen LogP contribution >= 0.6 is 0 Å². The van der Waals surface area contributed by atoms with E-state index in [1.165, 1.54) is 4.90 Å². The maximum Gasteiger partial charge on any atom is 0.325 e. The molecule has 1 aliphatic heterocycles. The molecule has 23 heavy (non-hydrogen) atoms. The summed E-state index contributed by atoms with van der Waals surface area (Å²) in [6.45, 7) is 1.90. The van der Waals surface area contributed by atoms with Gasteiger partial charge in [-0.05, 0) is 25.7 Å². The first-order chi connectivity index (χ1) is 10.8. The summed E-state index contributed by atoms with van der Waals surface area (Å²) < 4.78 is 1.66. The van der Waals surface area contributed by atoms with Crippen LogP contribution in [-0.2, 0) is 23.2 Å². The first-order valence-corrected chi connectivity index (χ1v) is 7.67. The lowest BCUT2D eigenvalue weighted by Gasteiger charge is -2.22. The molecule has 0 aromatic carbocycles. The molecule has 8 heteroatoms. The highest BCUT2D eigenvalue weighted by Crippen LogP contribution is 2.42. The highest BCUT2D eigenvalue weighted by molar-refractivity contribution is 6.09. The molecule has 1 N–H and O–H groups in total. The number of likely N-dealkylation sites (N-methyl/N-ethyl adjacent to an activating group) is 1. The van der Waals surface area contributed by atoms with Gasteiger partial charge >= 0.3 is 6.03 Å². The van der Waals surface area contributed by atoms with Gasteiger partial charge in [-0.3, -0.25) is 19.2 Å². The third kappa shape index (κ3) is 2.80. The van der Waals surface area contributed by atoms with Crippen LogP contribution in [0.4, 0.5) is 4.79 Å². The van der Waals surface area contributed by atoms with Crippen molar-refractivity contribution in [3.05, 3.63) is 18.0 Å². The van der Waals surface area contributed by atoms with E-state index in [9.17, 15) is 14.4 Å². The highest BCUT2D eigenvalue weighted by atomic mass is 16.2. The summed E-state index contributed by atoms with van der Waals surface area (Å²) in [6, 6.07) is -0.479. The van der Waals surface area contributed by atoms with Gasteiger partial charge in [-0.25, -0.2) is 4.79 Å². The number of amides is 4. The van der Waals surface area contributed by atoms with Crippen molar-refractivity contribution < 1.29 is 14.4 Å². The molecular formula is C15H21N5O3. The Labute approximate surface area is 134 Å². The van der Waals surface area contributed by atoms with Gasteiger partial charge in [-0.15, -0.1) is 0 Å². The number of urea groups is 1. The van der Waals surface area contributed by atoms with E-state index in [2.05, 4.69) is 10.4 Å². The largest absolute Gasteiger partial charge is 0.340 e. The fourth-order valence-corrected chi connectivity index (χ4v) is 2.97. The smallest absolute Gasteiger partial charge is 0.325 e. The second kappa shape index (κ2) is 5.36. The van der Waals surface area contributed by atoms with Crippen LogP contribution < -0.4 is 5.32 Å². The molecule has 3 rings (SSSR count). The highest BCUT2D eigenvalue weighted by Gasteiger charge is 2.56. The van der Waals surface area contributed by atoms with Crippen molar-refractivity contribution >= 4 is 17.8 Å². The molecule has 0 unspecified atom stereocenters. The lowest BCUT2D eigenvalue weighted by molar-refractivity contribution is -0.138. The fraction of sp³-hybridized carbons (Fsp3) is 0.600. The normalized spacial score (nSPS) is 24.0. The molecule has 2 aliphatic rings. The number of carbonyl (C=O) groups is 3. The molecule has 8 nitrogen and oxygen atoms in total. The monoisotopic (exact) mass is 319 g/mol. The van der Waals surface area contributed by atoms with E-state index in [4.69, 9.17) is 0 Å². The van der Waals surface area contributed by atoms with Gasteiger partial charge < -0.3 is 10.2 Å². The number of imide groups is 1. The van der Waals surface area contributed by atoms with Crippen molar-refractivity contribution in [3.8, 4) is 0 Å². The standard InChI is InChI=1S/C15H21N5O3/c1-15(11-4-5-11)13(22)20(14(23)17-15)9-12(21)18(2)7-10-6-16-19(3)8-10/h6,8,11H,4-5,7,9H2,1-3H3,(H,17,23)/t15-/m1/s1. The molecular weight excluding hydrogens is 298 g/mol. The molecule has 124 valence electrons. The van der Waals surface area contributed by atoms with Crippen molar-refractivity contribution in [3.63, 3.8) is 0 Å². The topological polar surface area (TPSA) is 87.5 Å². The summed E-state index contributed by atoms with van der Waals surface area (Å²) >= 11 is 0. The average Bonchev–Trinajstić information content (AvgIpc) is 3.23. The van der Waals surface area contributed by atoms with Gasteiger partial charge in [0.1, 0.15) is 12.1 Å². The van der Waals surface area contributed by atoms with Gasteiger partial charge in [0.05, 0.1) is 6.20 Å². The SMILES string of the molecule is CN(Cc1cnn(C)c1)C(=O)CN1C(=O)N[C@](C)(C2CC2)C1=O. The summed E-state index contributed by atoms with van der Waals surface area (Å²) in [5, 5.41) is 6.79. The molecule has 1 aliphatic carbocycles. The van der Waals surface area contributed by atoms with Crippen molar-refractivity contribution in [2.45, 2.75) is 31.8 Å². The van der Waals surface area contributed by atoms with Crippen molar-refractivity contribution in [2.75, 3.05) is 13.6 Å². The van der Waals surface area contributed by atoms with E-state index in [-0.39, 0.29) is 24.3 Å². The predicted molar refractivity (Wildman–Crippen MR) is 81.1 cm³/mol. The summed E-state index contributed by atoms with van der Waals surface area (Å²) in [4.78, 5) is 39.4. The van der Waals surface area contributed by atoms with Crippen LogP contribution in [0.3, 0.4) is 0 Å². The summed E-state index contributed by atoms with van der Waals surface area (Å²) in [5.41, 5.74) is 0.0441. The molecule has 1 atom stereocenters.